The molecule has 1 saturated heterocycles. The Balaban J connectivity index is 2.06. The van der Waals surface area contributed by atoms with Gasteiger partial charge in [0.2, 0.25) is 0 Å². The Morgan fingerprint density at radius 3 is 2.78 bits per heavy atom. The average molecular weight is 248 g/mol. The molecule has 1 aliphatic heterocycles. The van der Waals surface area contributed by atoms with E-state index >= 15 is 0 Å². The van der Waals surface area contributed by atoms with Gasteiger partial charge in [0.25, 0.3) is 0 Å². The number of pyridine rings is 1. The molecular formula is C14H24N4. The lowest BCUT2D eigenvalue weighted by Crippen LogP contribution is -2.37. The molecule has 2 heterocycles. The molecule has 0 amide bonds. The number of nitrogen functional groups attached to an aromatic ring is 1. The van der Waals surface area contributed by atoms with Crippen LogP contribution >= 0.6 is 0 Å². The minimum Gasteiger partial charge on any atom is -0.397 e. The number of anilines is 2. The summed E-state index contributed by atoms with van der Waals surface area (Å²) < 4.78 is 0. The van der Waals surface area contributed by atoms with Crippen LogP contribution in [-0.2, 0) is 0 Å². The van der Waals surface area contributed by atoms with Crippen LogP contribution in [0.25, 0.3) is 0 Å². The van der Waals surface area contributed by atoms with Crippen molar-refractivity contribution < 1.29 is 0 Å². The molecule has 1 unspecified atom stereocenters. The van der Waals surface area contributed by atoms with Crippen molar-refractivity contribution in [2.45, 2.75) is 33.2 Å². The van der Waals surface area contributed by atoms with E-state index in [-0.39, 0.29) is 0 Å². The van der Waals surface area contributed by atoms with Gasteiger partial charge in [0.1, 0.15) is 5.82 Å². The maximum Gasteiger partial charge on any atom is 0.128 e. The second kappa shape index (κ2) is 5.57. The Morgan fingerprint density at radius 2 is 2.17 bits per heavy atom. The number of aromatic nitrogens is 1. The quantitative estimate of drug-likeness (QED) is 0.884. The number of hydrogen-bond donors (Lipinski definition) is 1. The average Bonchev–Trinajstić information content (AvgIpc) is 2.84. The first-order chi connectivity index (χ1) is 8.65. The summed E-state index contributed by atoms with van der Waals surface area (Å²) in [5.74, 6) is 1.07. The van der Waals surface area contributed by atoms with Gasteiger partial charge < -0.3 is 10.6 Å². The third-order valence-electron chi connectivity index (χ3n) is 3.95. The van der Waals surface area contributed by atoms with Crippen molar-refractivity contribution in [3.05, 3.63) is 17.8 Å². The molecule has 100 valence electrons. The van der Waals surface area contributed by atoms with Gasteiger partial charge in [-0.15, -0.1) is 0 Å². The summed E-state index contributed by atoms with van der Waals surface area (Å²) in [7, 11) is 0. The molecule has 0 saturated carbocycles. The highest BCUT2D eigenvalue weighted by molar-refractivity contribution is 5.52. The molecule has 1 atom stereocenters. The number of rotatable bonds is 4. The topological polar surface area (TPSA) is 45.4 Å². The fraction of sp³-hybridized carbons (Fsp3) is 0.643. The second-order valence-electron chi connectivity index (χ2n) is 5.01. The summed E-state index contributed by atoms with van der Waals surface area (Å²) in [6.07, 6.45) is 3.00. The number of likely N-dealkylation sites (N-methyl/N-ethyl adjacent to an activating group) is 1. The molecule has 0 radical (unpaired) electrons. The van der Waals surface area contributed by atoms with Gasteiger partial charge >= 0.3 is 0 Å². The third-order valence-corrected chi connectivity index (χ3v) is 3.95. The van der Waals surface area contributed by atoms with Crippen LogP contribution in [0.15, 0.2) is 12.3 Å². The van der Waals surface area contributed by atoms with Crippen LogP contribution in [0.1, 0.15) is 25.8 Å². The predicted molar refractivity (Wildman–Crippen MR) is 76.9 cm³/mol. The van der Waals surface area contributed by atoms with Crippen LogP contribution in [0.5, 0.6) is 0 Å². The summed E-state index contributed by atoms with van der Waals surface area (Å²) in [6.45, 7) is 10.9. The maximum absolute atomic E-state index is 5.82. The molecule has 0 spiro atoms. The number of nitrogens with two attached hydrogens (primary N) is 1. The normalized spacial score (nSPS) is 19.8. The Labute approximate surface area is 110 Å². The van der Waals surface area contributed by atoms with E-state index in [1.165, 1.54) is 6.42 Å². The Hall–Kier alpha value is -1.29. The molecule has 4 nitrogen and oxygen atoms in total. The first-order valence-corrected chi connectivity index (χ1v) is 6.86. The summed E-state index contributed by atoms with van der Waals surface area (Å²) in [4.78, 5) is 9.35. The Morgan fingerprint density at radius 1 is 1.44 bits per heavy atom. The van der Waals surface area contributed by atoms with Crippen molar-refractivity contribution >= 4 is 11.5 Å². The van der Waals surface area contributed by atoms with Crippen LogP contribution in [0.4, 0.5) is 11.5 Å². The van der Waals surface area contributed by atoms with E-state index in [0.717, 1.165) is 43.2 Å². The van der Waals surface area contributed by atoms with Gasteiger partial charge in [-0.25, -0.2) is 4.98 Å². The summed E-state index contributed by atoms with van der Waals surface area (Å²) >= 11 is 0. The Bertz CT molecular complexity index is 401. The molecule has 4 heteroatoms. The first-order valence-electron chi connectivity index (χ1n) is 6.86. The van der Waals surface area contributed by atoms with E-state index in [1.54, 1.807) is 6.20 Å². The van der Waals surface area contributed by atoms with Crippen molar-refractivity contribution in [3.8, 4) is 0 Å². The van der Waals surface area contributed by atoms with E-state index in [4.69, 9.17) is 5.73 Å². The van der Waals surface area contributed by atoms with Gasteiger partial charge in [0.05, 0.1) is 11.9 Å². The van der Waals surface area contributed by atoms with Gasteiger partial charge in [-0.1, -0.05) is 13.8 Å². The monoisotopic (exact) mass is 248 g/mol. The summed E-state index contributed by atoms with van der Waals surface area (Å²) in [5.41, 5.74) is 7.71. The van der Waals surface area contributed by atoms with Crippen molar-refractivity contribution in [2.75, 3.05) is 36.8 Å². The molecule has 18 heavy (non-hydrogen) atoms. The van der Waals surface area contributed by atoms with Crippen molar-refractivity contribution in [2.24, 2.45) is 0 Å². The lowest BCUT2D eigenvalue weighted by atomic mass is 10.2. The minimum absolute atomic E-state index is 0.666. The molecule has 2 rings (SSSR count). The number of aryl methyl sites for hydroxylation is 1. The molecule has 0 aliphatic carbocycles. The zero-order valence-corrected chi connectivity index (χ0v) is 11.7. The van der Waals surface area contributed by atoms with Crippen LogP contribution in [0.2, 0.25) is 0 Å². The van der Waals surface area contributed by atoms with Crippen LogP contribution in [0, 0.1) is 6.92 Å². The molecule has 1 aromatic heterocycles. The fourth-order valence-corrected chi connectivity index (χ4v) is 2.71. The van der Waals surface area contributed by atoms with E-state index in [2.05, 4.69) is 34.7 Å². The number of hydrogen-bond acceptors (Lipinski definition) is 4. The molecule has 1 aliphatic rings. The van der Waals surface area contributed by atoms with E-state index in [1.807, 2.05) is 6.92 Å². The van der Waals surface area contributed by atoms with Gasteiger partial charge in [-0.2, -0.15) is 0 Å². The van der Waals surface area contributed by atoms with Crippen molar-refractivity contribution in [3.63, 3.8) is 0 Å². The Kier molecular flexibility index (Phi) is 4.07. The van der Waals surface area contributed by atoms with Gasteiger partial charge in [-0.05, 0) is 38.1 Å². The highest BCUT2D eigenvalue weighted by Crippen LogP contribution is 2.23. The highest BCUT2D eigenvalue weighted by Gasteiger charge is 2.26. The molecule has 2 N–H and O–H groups in total. The minimum atomic E-state index is 0.666. The molecule has 1 fully saturated rings. The van der Waals surface area contributed by atoms with Crippen molar-refractivity contribution in [1.82, 2.24) is 9.88 Å². The molecular weight excluding hydrogens is 224 g/mol. The standard InChI is InChI=1S/C14H24N4/c1-4-17(5-2)12-6-7-18(10-12)14-8-11(3)13(15)9-16-14/h8-9,12H,4-7,10,15H2,1-3H3. The molecule has 0 aromatic carbocycles. The van der Waals surface area contributed by atoms with Gasteiger partial charge in [0, 0.05) is 19.1 Å². The van der Waals surface area contributed by atoms with Crippen LogP contribution < -0.4 is 10.6 Å². The second-order valence-corrected chi connectivity index (χ2v) is 5.01. The lowest BCUT2D eigenvalue weighted by molar-refractivity contribution is 0.232. The third kappa shape index (κ3) is 2.58. The predicted octanol–water partition coefficient (Wildman–Crippen LogP) is 1.89. The molecule has 1 aromatic rings. The van der Waals surface area contributed by atoms with Gasteiger partial charge in [-0.3, -0.25) is 4.90 Å². The summed E-state index contributed by atoms with van der Waals surface area (Å²) in [5, 5.41) is 0. The SMILES string of the molecule is CCN(CC)C1CCN(c2cc(C)c(N)cn2)C1. The molecule has 0 bridgehead atoms. The van der Waals surface area contributed by atoms with Crippen LogP contribution in [0.3, 0.4) is 0 Å². The van der Waals surface area contributed by atoms with E-state index < -0.39 is 0 Å². The highest BCUT2D eigenvalue weighted by atomic mass is 15.3. The zero-order chi connectivity index (χ0) is 13.1. The fourth-order valence-electron chi connectivity index (χ4n) is 2.71. The zero-order valence-electron chi connectivity index (χ0n) is 11.7. The lowest BCUT2D eigenvalue weighted by Gasteiger charge is -2.26. The van der Waals surface area contributed by atoms with E-state index in [9.17, 15) is 0 Å². The largest absolute Gasteiger partial charge is 0.397 e. The van der Waals surface area contributed by atoms with Crippen LogP contribution in [-0.4, -0.2) is 42.1 Å². The number of nitrogens with zero attached hydrogens (tertiary/aromatic N) is 3. The smallest absolute Gasteiger partial charge is 0.128 e. The first kappa shape index (κ1) is 13.1. The van der Waals surface area contributed by atoms with E-state index in [0.29, 0.717) is 6.04 Å². The maximum atomic E-state index is 5.82. The van der Waals surface area contributed by atoms with Gasteiger partial charge in [0.15, 0.2) is 0 Å². The van der Waals surface area contributed by atoms with Crippen molar-refractivity contribution in [1.29, 1.82) is 0 Å². The summed E-state index contributed by atoms with van der Waals surface area (Å²) in [6, 6.07) is 2.76.